The molecule has 0 aromatic carbocycles. The maximum absolute atomic E-state index is 10.9. The summed E-state index contributed by atoms with van der Waals surface area (Å²) < 4.78 is 0. The van der Waals surface area contributed by atoms with Gasteiger partial charge in [-0.05, 0) is 31.5 Å². The second kappa shape index (κ2) is 7.38. The number of anilines is 2. The first-order valence-corrected chi connectivity index (χ1v) is 8.56. The van der Waals surface area contributed by atoms with E-state index in [2.05, 4.69) is 26.3 Å². The Morgan fingerprint density at radius 2 is 2.38 bits per heavy atom. The zero-order valence-corrected chi connectivity index (χ0v) is 13.8. The number of thiazole rings is 1. The summed E-state index contributed by atoms with van der Waals surface area (Å²) in [6, 6.07) is 7.96. The van der Waals surface area contributed by atoms with Crippen molar-refractivity contribution in [3.8, 4) is 6.07 Å². The van der Waals surface area contributed by atoms with Crippen molar-refractivity contribution in [2.45, 2.75) is 18.8 Å². The SMILES string of the molecule is N#CCN1CCC[C@H](c2cccc(Nc3nc(C(=O)O)cs3)n2)C1. The molecule has 0 saturated carbocycles. The molecule has 2 aromatic rings. The van der Waals surface area contributed by atoms with Crippen LogP contribution in [0.3, 0.4) is 0 Å². The van der Waals surface area contributed by atoms with Crippen LogP contribution in [0.25, 0.3) is 0 Å². The molecule has 3 heterocycles. The molecule has 1 aliphatic heterocycles. The van der Waals surface area contributed by atoms with Gasteiger partial charge in [-0.2, -0.15) is 5.26 Å². The number of hydrogen-bond donors (Lipinski definition) is 2. The highest BCUT2D eigenvalue weighted by atomic mass is 32.1. The number of hydrogen-bond acceptors (Lipinski definition) is 7. The Bertz CT molecular complexity index is 770. The van der Waals surface area contributed by atoms with Gasteiger partial charge in [0, 0.05) is 23.5 Å². The zero-order valence-electron chi connectivity index (χ0n) is 13.0. The molecular weight excluding hydrogens is 326 g/mol. The molecule has 1 atom stereocenters. The van der Waals surface area contributed by atoms with E-state index in [1.54, 1.807) is 0 Å². The second-order valence-electron chi connectivity index (χ2n) is 5.65. The van der Waals surface area contributed by atoms with E-state index in [9.17, 15) is 4.79 Å². The van der Waals surface area contributed by atoms with Crippen LogP contribution >= 0.6 is 11.3 Å². The first-order chi connectivity index (χ1) is 11.7. The maximum atomic E-state index is 10.9. The van der Waals surface area contributed by atoms with Crippen molar-refractivity contribution in [3.63, 3.8) is 0 Å². The lowest BCUT2D eigenvalue weighted by molar-refractivity contribution is 0.0691. The summed E-state index contributed by atoms with van der Waals surface area (Å²) in [5.74, 6) is -0.0864. The van der Waals surface area contributed by atoms with Crippen LogP contribution in [0.15, 0.2) is 23.6 Å². The molecule has 3 rings (SSSR count). The summed E-state index contributed by atoms with van der Waals surface area (Å²) in [5.41, 5.74) is 1.01. The quantitative estimate of drug-likeness (QED) is 0.805. The number of aromatic nitrogens is 2. The molecule has 2 aromatic heterocycles. The molecule has 7 nitrogen and oxygen atoms in total. The highest BCUT2D eigenvalue weighted by molar-refractivity contribution is 7.14. The Hall–Kier alpha value is -2.50. The summed E-state index contributed by atoms with van der Waals surface area (Å²) >= 11 is 1.23. The molecule has 0 radical (unpaired) electrons. The van der Waals surface area contributed by atoms with Crippen molar-refractivity contribution in [3.05, 3.63) is 35.0 Å². The third-order valence-electron chi connectivity index (χ3n) is 3.95. The van der Waals surface area contributed by atoms with Gasteiger partial charge in [-0.25, -0.2) is 14.8 Å². The number of nitriles is 1. The van der Waals surface area contributed by atoms with Crippen LogP contribution in [0.2, 0.25) is 0 Å². The average molecular weight is 343 g/mol. The van der Waals surface area contributed by atoms with E-state index in [0.29, 0.717) is 23.4 Å². The molecule has 124 valence electrons. The molecule has 2 N–H and O–H groups in total. The number of rotatable bonds is 5. The van der Waals surface area contributed by atoms with E-state index in [1.165, 1.54) is 16.7 Å². The number of carboxylic acids is 1. The highest BCUT2D eigenvalue weighted by Crippen LogP contribution is 2.27. The van der Waals surface area contributed by atoms with E-state index in [1.807, 2.05) is 18.2 Å². The standard InChI is InChI=1S/C16H17N5O2S/c17-6-8-21-7-2-3-11(9-21)12-4-1-5-14(18-12)20-16-19-13(10-24-16)15(22)23/h1,4-5,10-11H,2-3,7-9H2,(H,22,23)(H,18,19,20)/t11-/m0/s1. The fraction of sp³-hybridized carbons (Fsp3) is 0.375. The lowest BCUT2D eigenvalue weighted by Crippen LogP contribution is -2.34. The van der Waals surface area contributed by atoms with Gasteiger partial charge >= 0.3 is 5.97 Å². The van der Waals surface area contributed by atoms with Crippen molar-refractivity contribution in [1.29, 1.82) is 5.26 Å². The van der Waals surface area contributed by atoms with Gasteiger partial charge in [-0.15, -0.1) is 11.3 Å². The summed E-state index contributed by atoms with van der Waals surface area (Å²) in [5, 5.41) is 22.8. The maximum Gasteiger partial charge on any atom is 0.355 e. The molecule has 0 bridgehead atoms. The third kappa shape index (κ3) is 3.88. The number of pyridine rings is 1. The van der Waals surface area contributed by atoms with Crippen LogP contribution in [0.4, 0.5) is 10.9 Å². The monoisotopic (exact) mass is 343 g/mol. The predicted octanol–water partition coefficient (Wildman–Crippen LogP) is 2.68. The molecular formula is C16H17N5O2S. The van der Waals surface area contributed by atoms with Gasteiger partial charge in [0.25, 0.3) is 0 Å². The number of nitrogens with one attached hydrogen (secondary N) is 1. The van der Waals surface area contributed by atoms with Crippen molar-refractivity contribution in [2.24, 2.45) is 0 Å². The largest absolute Gasteiger partial charge is 0.476 e. The third-order valence-corrected chi connectivity index (χ3v) is 4.70. The summed E-state index contributed by atoms with van der Waals surface area (Å²) in [6.45, 7) is 2.25. The molecule has 24 heavy (non-hydrogen) atoms. The predicted molar refractivity (Wildman–Crippen MR) is 90.6 cm³/mol. The van der Waals surface area contributed by atoms with E-state index >= 15 is 0 Å². The van der Waals surface area contributed by atoms with Gasteiger partial charge in [0.1, 0.15) is 5.82 Å². The number of aromatic carboxylic acids is 1. The van der Waals surface area contributed by atoms with Crippen molar-refractivity contribution in [2.75, 3.05) is 25.0 Å². The molecule has 1 fully saturated rings. The molecule has 1 saturated heterocycles. The van der Waals surface area contributed by atoms with Crippen LogP contribution in [-0.4, -0.2) is 45.6 Å². The zero-order chi connectivity index (χ0) is 16.9. The van der Waals surface area contributed by atoms with Gasteiger partial charge in [-0.3, -0.25) is 4.90 Å². The summed E-state index contributed by atoms with van der Waals surface area (Å²) in [7, 11) is 0. The Balaban J connectivity index is 1.71. The normalized spacial score (nSPS) is 18.0. The molecule has 0 aliphatic carbocycles. The van der Waals surface area contributed by atoms with Crippen molar-refractivity contribution in [1.82, 2.24) is 14.9 Å². The Kier molecular flexibility index (Phi) is 5.03. The average Bonchev–Trinajstić information content (AvgIpc) is 3.04. The minimum atomic E-state index is -1.04. The number of nitrogens with zero attached hydrogens (tertiary/aromatic N) is 4. The fourth-order valence-corrected chi connectivity index (χ4v) is 3.52. The van der Waals surface area contributed by atoms with Crippen LogP contribution in [-0.2, 0) is 0 Å². The summed E-state index contributed by atoms with van der Waals surface area (Å²) in [6.07, 6.45) is 2.11. The molecule has 1 aliphatic rings. The van der Waals surface area contributed by atoms with Gasteiger partial charge in [-0.1, -0.05) is 6.07 Å². The second-order valence-corrected chi connectivity index (χ2v) is 6.51. The fourth-order valence-electron chi connectivity index (χ4n) is 2.83. The van der Waals surface area contributed by atoms with E-state index < -0.39 is 5.97 Å². The van der Waals surface area contributed by atoms with E-state index in [-0.39, 0.29) is 5.69 Å². The Morgan fingerprint density at radius 1 is 1.50 bits per heavy atom. The Morgan fingerprint density at radius 3 is 3.12 bits per heavy atom. The first kappa shape index (κ1) is 16.4. The molecule has 0 amide bonds. The van der Waals surface area contributed by atoms with Crippen molar-refractivity contribution >= 4 is 28.3 Å². The van der Waals surface area contributed by atoms with Crippen LogP contribution < -0.4 is 5.32 Å². The summed E-state index contributed by atoms with van der Waals surface area (Å²) in [4.78, 5) is 21.7. The van der Waals surface area contributed by atoms with Gasteiger partial charge in [0.05, 0.1) is 12.6 Å². The number of likely N-dealkylation sites (tertiary alicyclic amines) is 1. The molecule has 8 heteroatoms. The van der Waals surface area contributed by atoms with E-state index in [0.717, 1.165) is 31.6 Å². The number of carbonyl (C=O) groups is 1. The van der Waals surface area contributed by atoms with E-state index in [4.69, 9.17) is 10.4 Å². The lowest BCUT2D eigenvalue weighted by Gasteiger charge is -2.30. The van der Waals surface area contributed by atoms with Crippen LogP contribution in [0.1, 0.15) is 34.9 Å². The van der Waals surface area contributed by atoms with Gasteiger partial charge in [0.2, 0.25) is 0 Å². The minimum Gasteiger partial charge on any atom is -0.476 e. The van der Waals surface area contributed by atoms with Crippen LogP contribution in [0, 0.1) is 11.3 Å². The van der Waals surface area contributed by atoms with Gasteiger partial charge < -0.3 is 10.4 Å². The Labute approximate surface area is 143 Å². The first-order valence-electron chi connectivity index (χ1n) is 7.68. The minimum absolute atomic E-state index is 0.0260. The smallest absolute Gasteiger partial charge is 0.355 e. The number of piperidine rings is 1. The van der Waals surface area contributed by atoms with Crippen LogP contribution in [0.5, 0.6) is 0 Å². The highest BCUT2D eigenvalue weighted by Gasteiger charge is 2.22. The van der Waals surface area contributed by atoms with Crippen molar-refractivity contribution < 1.29 is 9.90 Å². The number of carboxylic acid groups (broad SMARTS) is 1. The molecule has 0 spiro atoms. The van der Waals surface area contributed by atoms with Gasteiger partial charge in [0.15, 0.2) is 10.8 Å². The lowest BCUT2D eigenvalue weighted by atomic mass is 9.94. The topological polar surface area (TPSA) is 102 Å². The molecule has 0 unspecified atom stereocenters.